The van der Waals surface area contributed by atoms with E-state index >= 15 is 0 Å². The van der Waals surface area contributed by atoms with Gasteiger partial charge >= 0.3 is 0 Å². The lowest BCUT2D eigenvalue weighted by molar-refractivity contribution is -0.124. The molecule has 15 heavy (non-hydrogen) atoms. The normalized spacial score (nSPS) is 22.9. The van der Waals surface area contributed by atoms with E-state index in [2.05, 4.69) is 0 Å². The Balaban J connectivity index is 2.30. The average Bonchev–Trinajstić information content (AvgIpc) is 2.24. The molecule has 1 aromatic carbocycles. The van der Waals surface area contributed by atoms with Crippen LogP contribution in [0, 0.1) is 6.92 Å². The van der Waals surface area contributed by atoms with Gasteiger partial charge in [-0.05, 0) is 24.1 Å². The van der Waals surface area contributed by atoms with Crippen molar-refractivity contribution in [3.63, 3.8) is 0 Å². The topological polar surface area (TPSA) is 26.3 Å². The highest BCUT2D eigenvalue weighted by Gasteiger charge is 2.33. The first-order chi connectivity index (χ1) is 7.22. The minimum absolute atomic E-state index is 0.00268. The standard InChI is InChI=1S/C13H14O2/c1-9-5-3-4-6-10(9)7-11-12(14)8-13(11)15-2/h3-7,13H,8H2,1-2H3/b11-7+/t13-/m1/s1. The molecule has 0 spiro atoms. The van der Waals surface area contributed by atoms with Crippen molar-refractivity contribution in [2.45, 2.75) is 19.4 Å². The van der Waals surface area contributed by atoms with Gasteiger partial charge in [-0.2, -0.15) is 0 Å². The Hall–Kier alpha value is -1.41. The van der Waals surface area contributed by atoms with E-state index in [1.807, 2.05) is 37.3 Å². The van der Waals surface area contributed by atoms with Crippen LogP contribution in [0.2, 0.25) is 0 Å². The molecule has 0 saturated heterocycles. The molecule has 1 aliphatic carbocycles. The van der Waals surface area contributed by atoms with Gasteiger partial charge in [-0.1, -0.05) is 24.3 Å². The average molecular weight is 202 g/mol. The van der Waals surface area contributed by atoms with Crippen molar-refractivity contribution in [1.82, 2.24) is 0 Å². The third-order valence-corrected chi connectivity index (χ3v) is 2.82. The van der Waals surface area contributed by atoms with Crippen LogP contribution >= 0.6 is 0 Å². The van der Waals surface area contributed by atoms with Crippen LogP contribution in [-0.4, -0.2) is 19.0 Å². The Bertz CT molecular complexity index is 418. The van der Waals surface area contributed by atoms with Crippen molar-refractivity contribution in [2.75, 3.05) is 7.11 Å². The van der Waals surface area contributed by atoms with Gasteiger partial charge in [-0.25, -0.2) is 0 Å². The molecule has 0 unspecified atom stereocenters. The zero-order chi connectivity index (χ0) is 10.8. The molecule has 2 heteroatoms. The van der Waals surface area contributed by atoms with Gasteiger partial charge < -0.3 is 4.74 Å². The van der Waals surface area contributed by atoms with Crippen LogP contribution in [0.15, 0.2) is 29.8 Å². The molecule has 1 aromatic rings. The van der Waals surface area contributed by atoms with E-state index in [0.29, 0.717) is 6.42 Å². The second kappa shape index (κ2) is 3.99. The summed E-state index contributed by atoms with van der Waals surface area (Å²) in [4.78, 5) is 11.4. The molecule has 2 nitrogen and oxygen atoms in total. The number of benzene rings is 1. The molecule has 1 atom stereocenters. The third-order valence-electron chi connectivity index (χ3n) is 2.82. The Labute approximate surface area is 89.6 Å². The van der Waals surface area contributed by atoms with Crippen LogP contribution in [0.3, 0.4) is 0 Å². The first kappa shape index (κ1) is 10.1. The maximum atomic E-state index is 11.4. The van der Waals surface area contributed by atoms with Crippen LogP contribution in [0.1, 0.15) is 17.5 Å². The smallest absolute Gasteiger partial charge is 0.164 e. The summed E-state index contributed by atoms with van der Waals surface area (Å²) >= 11 is 0. The number of rotatable bonds is 2. The largest absolute Gasteiger partial charge is 0.376 e. The highest BCUT2D eigenvalue weighted by atomic mass is 16.5. The monoisotopic (exact) mass is 202 g/mol. The van der Waals surface area contributed by atoms with Gasteiger partial charge in [-0.15, -0.1) is 0 Å². The predicted octanol–water partition coefficient (Wildman–Crippen LogP) is 2.37. The molecule has 1 aliphatic rings. The SMILES string of the molecule is CO[C@@H]1CC(=O)/C1=C\c1ccccc1C. The number of ether oxygens (including phenoxy) is 1. The molecule has 0 amide bonds. The molecule has 1 fully saturated rings. The van der Waals surface area contributed by atoms with Gasteiger partial charge in [0.1, 0.15) is 0 Å². The number of methoxy groups -OCH3 is 1. The van der Waals surface area contributed by atoms with E-state index in [1.165, 1.54) is 5.56 Å². The molecule has 78 valence electrons. The summed E-state index contributed by atoms with van der Waals surface area (Å²) in [6, 6.07) is 8.02. The van der Waals surface area contributed by atoms with E-state index in [-0.39, 0.29) is 11.9 Å². The highest BCUT2D eigenvalue weighted by Crippen LogP contribution is 2.28. The van der Waals surface area contributed by atoms with E-state index in [1.54, 1.807) is 7.11 Å². The summed E-state index contributed by atoms with van der Waals surface area (Å²) < 4.78 is 5.19. The van der Waals surface area contributed by atoms with Crippen molar-refractivity contribution in [2.24, 2.45) is 0 Å². The Kier molecular flexibility index (Phi) is 2.69. The molecule has 0 N–H and O–H groups in total. The fraction of sp³-hybridized carbons (Fsp3) is 0.308. The second-order valence-electron chi connectivity index (χ2n) is 3.81. The number of aryl methyl sites for hydroxylation is 1. The summed E-state index contributed by atoms with van der Waals surface area (Å²) in [5, 5.41) is 0. The molecule has 0 bridgehead atoms. The summed E-state index contributed by atoms with van der Waals surface area (Å²) in [5.74, 6) is 0.199. The lowest BCUT2D eigenvalue weighted by Gasteiger charge is -2.26. The molecular weight excluding hydrogens is 188 g/mol. The molecule has 1 saturated carbocycles. The second-order valence-corrected chi connectivity index (χ2v) is 3.81. The van der Waals surface area contributed by atoms with Crippen molar-refractivity contribution in [3.8, 4) is 0 Å². The van der Waals surface area contributed by atoms with Crippen LogP contribution < -0.4 is 0 Å². The highest BCUT2D eigenvalue weighted by molar-refractivity contribution is 6.07. The molecule has 0 radical (unpaired) electrons. The minimum atomic E-state index is -0.00268. The maximum Gasteiger partial charge on any atom is 0.164 e. The lowest BCUT2D eigenvalue weighted by atomic mass is 9.85. The minimum Gasteiger partial charge on any atom is -0.376 e. The maximum absolute atomic E-state index is 11.4. The van der Waals surface area contributed by atoms with Gasteiger partial charge in [0.25, 0.3) is 0 Å². The van der Waals surface area contributed by atoms with Gasteiger partial charge in [0, 0.05) is 19.1 Å². The number of Topliss-reactive ketones (excluding diaryl/α,β-unsaturated/α-hetero) is 1. The zero-order valence-corrected chi connectivity index (χ0v) is 8.99. The van der Waals surface area contributed by atoms with Crippen molar-refractivity contribution in [1.29, 1.82) is 0 Å². The fourth-order valence-corrected chi connectivity index (χ4v) is 1.74. The Morgan fingerprint density at radius 1 is 1.40 bits per heavy atom. The predicted molar refractivity (Wildman–Crippen MR) is 59.6 cm³/mol. The van der Waals surface area contributed by atoms with Crippen LogP contribution in [-0.2, 0) is 9.53 Å². The fourth-order valence-electron chi connectivity index (χ4n) is 1.74. The van der Waals surface area contributed by atoms with Crippen LogP contribution in [0.5, 0.6) is 0 Å². The van der Waals surface area contributed by atoms with Gasteiger partial charge in [0.15, 0.2) is 5.78 Å². The van der Waals surface area contributed by atoms with E-state index < -0.39 is 0 Å². The number of carbonyl (C=O) groups is 1. The van der Waals surface area contributed by atoms with Crippen LogP contribution in [0.25, 0.3) is 6.08 Å². The summed E-state index contributed by atoms with van der Waals surface area (Å²) in [5.41, 5.74) is 3.08. The Morgan fingerprint density at radius 3 is 2.73 bits per heavy atom. The molecular formula is C13H14O2. The van der Waals surface area contributed by atoms with Crippen molar-refractivity contribution >= 4 is 11.9 Å². The zero-order valence-electron chi connectivity index (χ0n) is 8.99. The van der Waals surface area contributed by atoms with E-state index in [4.69, 9.17) is 4.74 Å². The molecule has 0 heterocycles. The van der Waals surface area contributed by atoms with E-state index in [9.17, 15) is 4.79 Å². The number of hydrogen-bond donors (Lipinski definition) is 0. The van der Waals surface area contributed by atoms with Crippen molar-refractivity contribution in [3.05, 3.63) is 41.0 Å². The van der Waals surface area contributed by atoms with E-state index in [0.717, 1.165) is 11.1 Å². The quantitative estimate of drug-likeness (QED) is 0.688. The molecule has 0 aliphatic heterocycles. The summed E-state index contributed by atoms with van der Waals surface area (Å²) in [6.07, 6.45) is 2.46. The van der Waals surface area contributed by atoms with Gasteiger partial charge in [0.05, 0.1) is 6.10 Å². The lowest BCUT2D eigenvalue weighted by Crippen LogP contribution is -2.34. The van der Waals surface area contributed by atoms with Crippen molar-refractivity contribution < 1.29 is 9.53 Å². The first-order valence-electron chi connectivity index (χ1n) is 5.05. The first-order valence-corrected chi connectivity index (χ1v) is 5.05. The number of ketones is 1. The van der Waals surface area contributed by atoms with Gasteiger partial charge in [-0.3, -0.25) is 4.79 Å². The summed E-state index contributed by atoms with van der Waals surface area (Å²) in [7, 11) is 1.64. The number of carbonyl (C=O) groups excluding carboxylic acids is 1. The molecule has 0 aromatic heterocycles. The third kappa shape index (κ3) is 1.85. The number of hydrogen-bond acceptors (Lipinski definition) is 2. The van der Waals surface area contributed by atoms with Gasteiger partial charge in [0.2, 0.25) is 0 Å². The molecule has 2 rings (SSSR count). The Morgan fingerprint density at radius 2 is 2.13 bits per heavy atom. The van der Waals surface area contributed by atoms with Crippen LogP contribution in [0.4, 0.5) is 0 Å². The summed E-state index contributed by atoms with van der Waals surface area (Å²) in [6.45, 7) is 2.04.